The summed E-state index contributed by atoms with van der Waals surface area (Å²) in [5.41, 5.74) is 5.75. The molecule has 4 atom stereocenters. The first-order valence-electron chi connectivity index (χ1n) is 10.9. The van der Waals surface area contributed by atoms with Gasteiger partial charge in [-0.15, -0.1) is 0 Å². The summed E-state index contributed by atoms with van der Waals surface area (Å²) >= 11 is 0. The van der Waals surface area contributed by atoms with Gasteiger partial charge >= 0.3 is 0 Å². The topological polar surface area (TPSA) is 24.1 Å². The molecule has 4 unspecified atom stereocenters. The standard InChI is InChI=1S/C26H36N2/c1-25(2,3)27-19-12-10-17(11-13-19)21-15-23(21)24-16-22(24)18-8-7-9-20(14-18)28-26(4,5)6/h7-14,21-24,27-28H,15-16H2,1-6H3. The first-order valence-corrected chi connectivity index (χ1v) is 10.9. The Labute approximate surface area is 171 Å². The van der Waals surface area contributed by atoms with Gasteiger partial charge < -0.3 is 10.6 Å². The van der Waals surface area contributed by atoms with Gasteiger partial charge in [0.05, 0.1) is 0 Å². The van der Waals surface area contributed by atoms with E-state index in [1.54, 1.807) is 0 Å². The smallest absolute Gasteiger partial charge is 0.0347 e. The molecule has 0 bridgehead atoms. The van der Waals surface area contributed by atoms with Crippen LogP contribution in [0, 0.1) is 11.8 Å². The van der Waals surface area contributed by atoms with Crippen molar-refractivity contribution in [1.29, 1.82) is 0 Å². The second kappa shape index (κ2) is 6.83. The molecular formula is C26H36N2. The zero-order valence-electron chi connectivity index (χ0n) is 18.3. The average Bonchev–Trinajstić information content (AvgIpc) is 3.45. The molecule has 2 fully saturated rings. The Morgan fingerprint density at radius 2 is 1.18 bits per heavy atom. The normalized spacial score (nSPS) is 26.6. The molecule has 2 aliphatic carbocycles. The number of hydrogen-bond donors (Lipinski definition) is 2. The maximum absolute atomic E-state index is 3.61. The van der Waals surface area contributed by atoms with Gasteiger partial charge in [-0.1, -0.05) is 24.3 Å². The lowest BCUT2D eigenvalue weighted by molar-refractivity contribution is 0.633. The van der Waals surface area contributed by atoms with E-state index < -0.39 is 0 Å². The van der Waals surface area contributed by atoms with Gasteiger partial charge in [0.2, 0.25) is 0 Å². The summed E-state index contributed by atoms with van der Waals surface area (Å²) in [5.74, 6) is 3.29. The van der Waals surface area contributed by atoms with Crippen LogP contribution < -0.4 is 10.6 Å². The van der Waals surface area contributed by atoms with Crippen LogP contribution in [0.3, 0.4) is 0 Å². The fourth-order valence-corrected chi connectivity index (χ4v) is 4.67. The van der Waals surface area contributed by atoms with E-state index in [9.17, 15) is 0 Å². The van der Waals surface area contributed by atoms with Crippen LogP contribution in [0.5, 0.6) is 0 Å². The van der Waals surface area contributed by atoms with Gasteiger partial charge in [0.15, 0.2) is 0 Å². The van der Waals surface area contributed by atoms with E-state index in [1.165, 1.54) is 35.3 Å². The van der Waals surface area contributed by atoms with Crippen molar-refractivity contribution in [3.63, 3.8) is 0 Å². The Hall–Kier alpha value is -1.96. The lowest BCUT2D eigenvalue weighted by Gasteiger charge is -2.22. The van der Waals surface area contributed by atoms with E-state index in [0.29, 0.717) is 0 Å². The highest BCUT2D eigenvalue weighted by Gasteiger charge is 2.54. The highest BCUT2D eigenvalue weighted by Crippen LogP contribution is 2.65. The molecule has 0 amide bonds. The lowest BCUT2D eigenvalue weighted by atomic mass is 10.0. The van der Waals surface area contributed by atoms with Gasteiger partial charge in [-0.05, 0) is 113 Å². The predicted molar refractivity (Wildman–Crippen MR) is 121 cm³/mol. The summed E-state index contributed by atoms with van der Waals surface area (Å²) in [5, 5.41) is 7.17. The summed E-state index contributed by atoms with van der Waals surface area (Å²) in [6.45, 7) is 13.3. The van der Waals surface area contributed by atoms with Crippen LogP contribution in [0.25, 0.3) is 0 Å². The molecule has 2 saturated carbocycles. The molecule has 2 aromatic carbocycles. The summed E-state index contributed by atoms with van der Waals surface area (Å²) in [6, 6.07) is 18.3. The summed E-state index contributed by atoms with van der Waals surface area (Å²) in [7, 11) is 0. The fraction of sp³-hybridized carbons (Fsp3) is 0.538. The zero-order valence-corrected chi connectivity index (χ0v) is 18.3. The van der Waals surface area contributed by atoms with E-state index in [2.05, 4.69) is 101 Å². The predicted octanol–water partition coefficient (Wildman–Crippen LogP) is 7.01. The maximum atomic E-state index is 3.61. The van der Waals surface area contributed by atoms with E-state index in [4.69, 9.17) is 0 Å². The van der Waals surface area contributed by atoms with Crippen LogP contribution in [0.1, 0.15) is 77.3 Å². The minimum absolute atomic E-state index is 0.108. The highest BCUT2D eigenvalue weighted by molar-refractivity contribution is 5.50. The van der Waals surface area contributed by atoms with Crippen molar-refractivity contribution >= 4 is 11.4 Å². The van der Waals surface area contributed by atoms with E-state index in [-0.39, 0.29) is 11.1 Å². The van der Waals surface area contributed by atoms with Crippen molar-refractivity contribution in [3.05, 3.63) is 59.7 Å². The van der Waals surface area contributed by atoms with Crippen molar-refractivity contribution in [2.45, 2.75) is 77.3 Å². The van der Waals surface area contributed by atoms with Gasteiger partial charge in [-0.25, -0.2) is 0 Å². The first kappa shape index (κ1) is 19.4. The largest absolute Gasteiger partial charge is 0.380 e. The molecule has 0 aromatic heterocycles. The van der Waals surface area contributed by atoms with Crippen LogP contribution in [0.2, 0.25) is 0 Å². The molecule has 2 aliphatic rings. The van der Waals surface area contributed by atoms with E-state index >= 15 is 0 Å². The third-order valence-corrected chi connectivity index (χ3v) is 5.92. The van der Waals surface area contributed by atoms with Gasteiger partial charge in [0.25, 0.3) is 0 Å². The Morgan fingerprint density at radius 3 is 1.75 bits per heavy atom. The van der Waals surface area contributed by atoms with Crippen LogP contribution >= 0.6 is 0 Å². The van der Waals surface area contributed by atoms with E-state index in [0.717, 1.165) is 23.7 Å². The SMILES string of the molecule is CC(C)(C)Nc1ccc(C2CC2C2CC2c2cccc(NC(C)(C)C)c2)cc1. The fourth-order valence-electron chi connectivity index (χ4n) is 4.67. The minimum Gasteiger partial charge on any atom is -0.380 e. The van der Waals surface area contributed by atoms with E-state index in [1.807, 2.05) is 0 Å². The molecular weight excluding hydrogens is 340 g/mol. The van der Waals surface area contributed by atoms with Crippen molar-refractivity contribution in [3.8, 4) is 0 Å². The van der Waals surface area contributed by atoms with Crippen molar-refractivity contribution in [1.82, 2.24) is 0 Å². The molecule has 0 radical (unpaired) electrons. The Balaban J connectivity index is 1.36. The van der Waals surface area contributed by atoms with Crippen molar-refractivity contribution < 1.29 is 0 Å². The molecule has 2 nitrogen and oxygen atoms in total. The van der Waals surface area contributed by atoms with Gasteiger partial charge in [-0.3, -0.25) is 0 Å². The number of rotatable bonds is 5. The Bertz CT molecular complexity index is 823. The van der Waals surface area contributed by atoms with Crippen LogP contribution in [0.15, 0.2) is 48.5 Å². The molecule has 28 heavy (non-hydrogen) atoms. The summed E-state index contributed by atoms with van der Waals surface area (Å²) in [6.07, 6.45) is 2.73. The number of anilines is 2. The Kier molecular flexibility index (Phi) is 4.72. The van der Waals surface area contributed by atoms with Crippen molar-refractivity contribution in [2.75, 3.05) is 10.6 Å². The molecule has 150 valence electrons. The van der Waals surface area contributed by atoms with Gasteiger partial charge in [-0.2, -0.15) is 0 Å². The molecule has 2 N–H and O–H groups in total. The number of hydrogen-bond acceptors (Lipinski definition) is 2. The summed E-state index contributed by atoms with van der Waals surface area (Å²) in [4.78, 5) is 0. The highest BCUT2D eigenvalue weighted by atomic mass is 15.0. The average molecular weight is 377 g/mol. The molecule has 0 saturated heterocycles. The molecule has 2 aromatic rings. The zero-order chi connectivity index (χ0) is 20.1. The van der Waals surface area contributed by atoms with Crippen LogP contribution in [-0.2, 0) is 0 Å². The Morgan fingerprint density at radius 1 is 0.643 bits per heavy atom. The minimum atomic E-state index is 0.108. The second-order valence-electron chi connectivity index (χ2n) is 11.0. The quantitative estimate of drug-likeness (QED) is 0.586. The molecule has 0 spiro atoms. The number of nitrogens with one attached hydrogen (secondary N) is 2. The van der Waals surface area contributed by atoms with Gasteiger partial charge in [0, 0.05) is 22.5 Å². The monoisotopic (exact) mass is 376 g/mol. The first-order chi connectivity index (χ1) is 13.1. The molecule has 0 heterocycles. The number of benzene rings is 2. The van der Waals surface area contributed by atoms with Crippen LogP contribution in [-0.4, -0.2) is 11.1 Å². The van der Waals surface area contributed by atoms with Gasteiger partial charge in [0.1, 0.15) is 0 Å². The second-order valence-corrected chi connectivity index (χ2v) is 11.0. The molecule has 0 aliphatic heterocycles. The van der Waals surface area contributed by atoms with Crippen molar-refractivity contribution in [2.24, 2.45) is 11.8 Å². The maximum Gasteiger partial charge on any atom is 0.0347 e. The third kappa shape index (κ3) is 4.71. The lowest BCUT2D eigenvalue weighted by Crippen LogP contribution is -2.25. The molecule has 4 rings (SSSR count). The summed E-state index contributed by atoms with van der Waals surface area (Å²) < 4.78 is 0. The third-order valence-electron chi connectivity index (χ3n) is 5.92. The molecule has 2 heteroatoms. The van der Waals surface area contributed by atoms with Crippen LogP contribution in [0.4, 0.5) is 11.4 Å².